The fraction of sp³-hybridized carbons (Fsp3) is 0.125. The summed E-state index contributed by atoms with van der Waals surface area (Å²) in [6.07, 6.45) is 2.10. The van der Waals surface area contributed by atoms with Gasteiger partial charge in [0.25, 0.3) is 0 Å². The molecule has 0 radical (unpaired) electrons. The number of rotatable bonds is 5. The van der Waals surface area contributed by atoms with E-state index in [-0.39, 0.29) is 5.69 Å². The number of pyridine rings is 2. The zero-order valence-electron chi connectivity index (χ0n) is 13.5. The molecule has 0 aliphatic rings. The van der Waals surface area contributed by atoms with Gasteiger partial charge in [-0.05, 0) is 12.1 Å². The number of hydrogen-bond donors (Lipinski definition) is 3. The number of halogens is 2. The van der Waals surface area contributed by atoms with Gasteiger partial charge in [0.05, 0.1) is 30.2 Å². The summed E-state index contributed by atoms with van der Waals surface area (Å²) in [5.74, 6) is -1.40. The van der Waals surface area contributed by atoms with E-state index in [1.54, 1.807) is 12.1 Å². The first-order valence-electron chi connectivity index (χ1n) is 7.35. The fourth-order valence-electron chi connectivity index (χ4n) is 2.42. The summed E-state index contributed by atoms with van der Waals surface area (Å²) in [4.78, 5) is 26.1. The normalized spacial score (nSPS) is 11.6. The molecule has 3 rings (SSSR count). The lowest BCUT2D eigenvalue weighted by molar-refractivity contribution is 0.370. The molecule has 0 saturated heterocycles. The minimum absolute atomic E-state index is 0.180. The number of nitrogens with zero attached hydrogens (tertiary/aromatic N) is 2. The molecular weight excluding hydrogens is 367 g/mol. The van der Waals surface area contributed by atoms with Crippen LogP contribution in [0.15, 0.2) is 36.7 Å². The Balaban J connectivity index is 1.98. The molecule has 2 heterocycles. The van der Waals surface area contributed by atoms with Crippen LogP contribution in [0.25, 0.3) is 10.9 Å². The quantitative estimate of drug-likeness (QED) is 0.582. The number of fused-ring (bicyclic) bond motifs is 1. The minimum atomic E-state index is -4.51. The molecule has 0 amide bonds. The Morgan fingerprint density at radius 1 is 1.15 bits per heavy atom. The van der Waals surface area contributed by atoms with Gasteiger partial charge in [0, 0.05) is 35.5 Å². The van der Waals surface area contributed by atoms with Crippen LogP contribution in [-0.4, -0.2) is 26.9 Å². The number of nitrogens with one attached hydrogen (secondary N) is 1. The Bertz CT molecular complexity index is 1030. The standard InChI is InChI=1S/C16H14F2N3O4P/c1-25-16-6-14-10(7-20-16)13(2-3-19-14)21-15-5-11(17)9(4-12(15)18)8-26(22,23)24/h2-7H,8H2,1H3,(H,19,21)(H2,22,23,24). The van der Waals surface area contributed by atoms with Crippen molar-refractivity contribution >= 4 is 29.9 Å². The molecule has 2 aromatic heterocycles. The highest BCUT2D eigenvalue weighted by atomic mass is 31.2. The van der Waals surface area contributed by atoms with Crippen LogP contribution in [0.5, 0.6) is 5.88 Å². The second-order valence-electron chi connectivity index (χ2n) is 5.47. The highest BCUT2D eigenvalue weighted by Crippen LogP contribution is 2.40. The number of aromatic nitrogens is 2. The Morgan fingerprint density at radius 3 is 2.62 bits per heavy atom. The molecule has 3 N–H and O–H groups in total. The van der Waals surface area contributed by atoms with Crippen LogP contribution in [0.4, 0.5) is 20.2 Å². The van der Waals surface area contributed by atoms with E-state index < -0.39 is 31.0 Å². The maximum atomic E-state index is 14.3. The molecule has 0 bridgehead atoms. The van der Waals surface area contributed by atoms with Gasteiger partial charge in [-0.3, -0.25) is 9.55 Å². The zero-order chi connectivity index (χ0) is 18.9. The van der Waals surface area contributed by atoms with Gasteiger partial charge < -0.3 is 19.8 Å². The second-order valence-corrected chi connectivity index (χ2v) is 7.12. The zero-order valence-corrected chi connectivity index (χ0v) is 14.4. The predicted molar refractivity (Wildman–Crippen MR) is 91.5 cm³/mol. The van der Waals surface area contributed by atoms with Gasteiger partial charge in [-0.1, -0.05) is 0 Å². The van der Waals surface area contributed by atoms with E-state index in [1.807, 2.05) is 0 Å². The Morgan fingerprint density at radius 2 is 1.92 bits per heavy atom. The molecule has 0 saturated carbocycles. The Kier molecular flexibility index (Phi) is 4.86. The van der Waals surface area contributed by atoms with E-state index in [0.29, 0.717) is 22.5 Å². The largest absolute Gasteiger partial charge is 0.481 e. The summed E-state index contributed by atoms with van der Waals surface area (Å²) in [7, 11) is -3.05. The summed E-state index contributed by atoms with van der Waals surface area (Å²) in [5, 5.41) is 3.32. The molecule has 0 fully saturated rings. The van der Waals surface area contributed by atoms with Crippen LogP contribution in [0, 0.1) is 11.6 Å². The average Bonchev–Trinajstić information content (AvgIpc) is 2.57. The van der Waals surface area contributed by atoms with Crippen LogP contribution < -0.4 is 10.1 Å². The van der Waals surface area contributed by atoms with Crippen LogP contribution in [-0.2, 0) is 10.7 Å². The third-order valence-electron chi connectivity index (χ3n) is 3.59. The SMILES string of the molecule is COc1cc2nccc(Nc3cc(F)c(CP(=O)(O)O)cc3F)c2cn1. The van der Waals surface area contributed by atoms with Gasteiger partial charge in [-0.2, -0.15) is 0 Å². The molecule has 26 heavy (non-hydrogen) atoms. The van der Waals surface area contributed by atoms with E-state index in [1.165, 1.54) is 19.5 Å². The first kappa shape index (κ1) is 18.2. The van der Waals surface area contributed by atoms with Crippen molar-refractivity contribution in [1.82, 2.24) is 9.97 Å². The molecule has 10 heteroatoms. The van der Waals surface area contributed by atoms with Crippen molar-refractivity contribution in [2.75, 3.05) is 12.4 Å². The Hall–Kier alpha value is -2.61. The number of hydrogen-bond acceptors (Lipinski definition) is 5. The molecule has 0 unspecified atom stereocenters. The number of benzene rings is 1. The van der Waals surface area contributed by atoms with E-state index in [4.69, 9.17) is 14.5 Å². The fourth-order valence-corrected chi connectivity index (χ4v) is 3.10. The molecule has 0 atom stereocenters. The maximum absolute atomic E-state index is 14.3. The van der Waals surface area contributed by atoms with E-state index >= 15 is 0 Å². The molecule has 3 aromatic rings. The van der Waals surface area contributed by atoms with E-state index in [9.17, 15) is 13.3 Å². The van der Waals surface area contributed by atoms with Crippen molar-refractivity contribution < 1.29 is 27.9 Å². The molecule has 0 aliphatic carbocycles. The lowest BCUT2D eigenvalue weighted by Gasteiger charge is -2.13. The second kappa shape index (κ2) is 6.95. The summed E-state index contributed by atoms with van der Waals surface area (Å²) < 4.78 is 44.4. The molecule has 0 aliphatic heterocycles. The molecular formula is C16H14F2N3O4P. The summed E-state index contributed by atoms with van der Waals surface area (Å²) in [5.41, 5.74) is 0.402. The van der Waals surface area contributed by atoms with Crippen molar-refractivity contribution in [2.24, 2.45) is 0 Å². The molecule has 136 valence electrons. The third kappa shape index (κ3) is 3.96. The monoisotopic (exact) mass is 381 g/mol. The van der Waals surface area contributed by atoms with Crippen LogP contribution in [0.2, 0.25) is 0 Å². The van der Waals surface area contributed by atoms with Crippen LogP contribution >= 0.6 is 7.60 Å². The van der Waals surface area contributed by atoms with Gasteiger partial charge in [0.15, 0.2) is 0 Å². The number of methoxy groups -OCH3 is 1. The Labute approximate surface area is 146 Å². The van der Waals surface area contributed by atoms with E-state index in [2.05, 4.69) is 15.3 Å². The average molecular weight is 381 g/mol. The summed E-state index contributed by atoms with van der Waals surface area (Å²) in [6.45, 7) is 0. The van der Waals surface area contributed by atoms with Crippen LogP contribution in [0.3, 0.4) is 0 Å². The first-order chi connectivity index (χ1) is 12.3. The van der Waals surface area contributed by atoms with Gasteiger partial charge in [0.2, 0.25) is 5.88 Å². The van der Waals surface area contributed by atoms with Gasteiger partial charge in [-0.15, -0.1) is 0 Å². The van der Waals surface area contributed by atoms with Crippen molar-refractivity contribution in [3.8, 4) is 5.88 Å². The maximum Gasteiger partial charge on any atom is 0.330 e. The molecule has 1 aromatic carbocycles. The third-order valence-corrected chi connectivity index (χ3v) is 4.35. The minimum Gasteiger partial charge on any atom is -0.481 e. The van der Waals surface area contributed by atoms with Gasteiger partial charge >= 0.3 is 7.60 Å². The summed E-state index contributed by atoms with van der Waals surface area (Å²) >= 11 is 0. The first-order valence-corrected chi connectivity index (χ1v) is 9.15. The van der Waals surface area contributed by atoms with Crippen molar-refractivity contribution in [1.29, 1.82) is 0 Å². The smallest absolute Gasteiger partial charge is 0.330 e. The van der Waals surface area contributed by atoms with Gasteiger partial charge in [0.1, 0.15) is 11.6 Å². The number of anilines is 2. The van der Waals surface area contributed by atoms with Crippen molar-refractivity contribution in [3.05, 3.63) is 53.9 Å². The molecule has 0 spiro atoms. The highest BCUT2D eigenvalue weighted by molar-refractivity contribution is 7.50. The highest BCUT2D eigenvalue weighted by Gasteiger charge is 2.19. The van der Waals surface area contributed by atoms with Crippen LogP contribution in [0.1, 0.15) is 5.56 Å². The lowest BCUT2D eigenvalue weighted by Crippen LogP contribution is -2.00. The predicted octanol–water partition coefficient (Wildman–Crippen LogP) is 3.34. The van der Waals surface area contributed by atoms with E-state index in [0.717, 1.165) is 12.1 Å². The van der Waals surface area contributed by atoms with Gasteiger partial charge in [-0.25, -0.2) is 13.8 Å². The molecule has 7 nitrogen and oxygen atoms in total. The lowest BCUT2D eigenvalue weighted by atomic mass is 10.1. The van der Waals surface area contributed by atoms with Crippen molar-refractivity contribution in [3.63, 3.8) is 0 Å². The topological polar surface area (TPSA) is 105 Å². The van der Waals surface area contributed by atoms with Crippen molar-refractivity contribution in [2.45, 2.75) is 6.16 Å². The summed E-state index contributed by atoms with van der Waals surface area (Å²) in [6, 6.07) is 4.78. The number of ether oxygens (including phenoxy) is 1.